The Morgan fingerprint density at radius 2 is 2.23 bits per heavy atom. The molecule has 0 bridgehead atoms. The fourth-order valence-corrected chi connectivity index (χ4v) is 2.33. The van der Waals surface area contributed by atoms with Crippen LogP contribution >= 0.6 is 0 Å². The lowest BCUT2D eigenvalue weighted by atomic mass is 10.1. The van der Waals surface area contributed by atoms with Gasteiger partial charge < -0.3 is 10.2 Å². The molecule has 2 rings (SSSR count). The molecule has 1 heterocycles. The van der Waals surface area contributed by atoms with Gasteiger partial charge in [0.25, 0.3) is 0 Å². The van der Waals surface area contributed by atoms with Gasteiger partial charge in [0.2, 0.25) is 0 Å². The summed E-state index contributed by atoms with van der Waals surface area (Å²) in [7, 11) is 2.23. The van der Waals surface area contributed by atoms with Crippen molar-refractivity contribution >= 4 is 0 Å². The van der Waals surface area contributed by atoms with Gasteiger partial charge in [0, 0.05) is 12.6 Å². The third-order valence-corrected chi connectivity index (χ3v) is 3.57. The maximum atomic E-state index is 3.70. The molecule has 1 N–H and O–H groups in total. The highest BCUT2D eigenvalue weighted by Gasteiger charge is 2.32. The van der Waals surface area contributed by atoms with Crippen LogP contribution in [0.3, 0.4) is 0 Å². The molecule has 3 unspecified atom stereocenters. The SMILES string of the molecule is CC1CC1CNC1CCCN(C)C1. The maximum absolute atomic E-state index is 3.70. The first-order valence-electron chi connectivity index (χ1n) is 5.67. The van der Waals surface area contributed by atoms with Gasteiger partial charge in [-0.15, -0.1) is 0 Å². The van der Waals surface area contributed by atoms with Crippen molar-refractivity contribution in [3.63, 3.8) is 0 Å². The lowest BCUT2D eigenvalue weighted by Gasteiger charge is -2.30. The van der Waals surface area contributed by atoms with Crippen molar-refractivity contribution in [3.8, 4) is 0 Å². The first kappa shape index (κ1) is 9.47. The van der Waals surface area contributed by atoms with E-state index in [1.165, 1.54) is 38.9 Å². The van der Waals surface area contributed by atoms with Crippen LogP contribution in [-0.4, -0.2) is 37.6 Å². The number of nitrogens with zero attached hydrogens (tertiary/aromatic N) is 1. The molecule has 0 aromatic heterocycles. The first-order valence-corrected chi connectivity index (χ1v) is 5.67. The maximum Gasteiger partial charge on any atom is 0.0195 e. The van der Waals surface area contributed by atoms with E-state index in [2.05, 4.69) is 24.2 Å². The van der Waals surface area contributed by atoms with E-state index in [4.69, 9.17) is 0 Å². The van der Waals surface area contributed by atoms with Gasteiger partial charge in [-0.1, -0.05) is 6.92 Å². The Hall–Kier alpha value is -0.0800. The van der Waals surface area contributed by atoms with Crippen LogP contribution in [0.1, 0.15) is 26.2 Å². The number of likely N-dealkylation sites (N-methyl/N-ethyl adjacent to an activating group) is 1. The summed E-state index contributed by atoms with van der Waals surface area (Å²) in [5.41, 5.74) is 0. The standard InChI is InChI=1S/C11H22N2/c1-9-6-10(9)7-12-11-4-3-5-13(2)8-11/h9-12H,3-8H2,1-2H3. The predicted molar refractivity (Wildman–Crippen MR) is 55.8 cm³/mol. The smallest absolute Gasteiger partial charge is 0.0195 e. The van der Waals surface area contributed by atoms with Crippen LogP contribution in [0.15, 0.2) is 0 Å². The van der Waals surface area contributed by atoms with Crippen LogP contribution in [0, 0.1) is 11.8 Å². The molecule has 0 aromatic carbocycles. The number of nitrogens with one attached hydrogen (secondary N) is 1. The zero-order valence-electron chi connectivity index (χ0n) is 8.92. The van der Waals surface area contributed by atoms with Crippen molar-refractivity contribution in [3.05, 3.63) is 0 Å². The summed E-state index contributed by atoms with van der Waals surface area (Å²) < 4.78 is 0. The van der Waals surface area contributed by atoms with Crippen molar-refractivity contribution < 1.29 is 0 Å². The molecule has 2 aliphatic rings. The molecule has 2 heteroatoms. The molecule has 13 heavy (non-hydrogen) atoms. The number of likely N-dealkylation sites (tertiary alicyclic amines) is 1. The molecule has 1 aliphatic heterocycles. The van der Waals surface area contributed by atoms with Crippen LogP contribution in [0.5, 0.6) is 0 Å². The average Bonchev–Trinajstić information content (AvgIpc) is 2.79. The molecule has 0 spiro atoms. The number of hydrogen-bond acceptors (Lipinski definition) is 2. The number of rotatable bonds is 3. The second-order valence-electron chi connectivity index (χ2n) is 4.98. The van der Waals surface area contributed by atoms with Gasteiger partial charge in [-0.2, -0.15) is 0 Å². The Morgan fingerprint density at radius 1 is 1.46 bits per heavy atom. The molecule has 76 valence electrons. The zero-order valence-corrected chi connectivity index (χ0v) is 8.92. The van der Waals surface area contributed by atoms with Gasteiger partial charge in [0.05, 0.1) is 0 Å². The Morgan fingerprint density at radius 3 is 2.85 bits per heavy atom. The third kappa shape index (κ3) is 2.68. The lowest BCUT2D eigenvalue weighted by molar-refractivity contribution is 0.226. The quantitative estimate of drug-likeness (QED) is 0.708. The lowest BCUT2D eigenvalue weighted by Crippen LogP contribution is -2.44. The molecular formula is C11H22N2. The second kappa shape index (κ2) is 3.97. The topological polar surface area (TPSA) is 15.3 Å². The normalized spacial score (nSPS) is 40.6. The molecule has 2 fully saturated rings. The van der Waals surface area contributed by atoms with E-state index in [0.717, 1.165) is 17.9 Å². The molecule has 0 radical (unpaired) electrons. The minimum absolute atomic E-state index is 0.770. The summed E-state index contributed by atoms with van der Waals surface area (Å²) in [5.74, 6) is 1.99. The minimum Gasteiger partial charge on any atom is -0.312 e. The Kier molecular flexibility index (Phi) is 2.89. The van der Waals surface area contributed by atoms with Gasteiger partial charge in [-0.3, -0.25) is 0 Å². The molecule has 3 atom stereocenters. The molecule has 1 saturated carbocycles. The van der Waals surface area contributed by atoms with Gasteiger partial charge >= 0.3 is 0 Å². The van der Waals surface area contributed by atoms with Crippen molar-refractivity contribution in [1.82, 2.24) is 10.2 Å². The van der Waals surface area contributed by atoms with E-state index in [1.807, 2.05) is 0 Å². The van der Waals surface area contributed by atoms with Crippen LogP contribution in [-0.2, 0) is 0 Å². The van der Waals surface area contributed by atoms with E-state index in [9.17, 15) is 0 Å². The highest BCUT2D eigenvalue weighted by atomic mass is 15.1. The Balaban J connectivity index is 1.63. The molecule has 1 aliphatic carbocycles. The molecular weight excluding hydrogens is 160 g/mol. The van der Waals surface area contributed by atoms with Crippen LogP contribution < -0.4 is 5.32 Å². The summed E-state index contributed by atoms with van der Waals surface area (Å²) in [6.07, 6.45) is 4.20. The second-order valence-corrected chi connectivity index (χ2v) is 4.98. The fraction of sp³-hybridized carbons (Fsp3) is 1.00. The van der Waals surface area contributed by atoms with Crippen molar-refractivity contribution in [2.45, 2.75) is 32.2 Å². The van der Waals surface area contributed by atoms with Crippen molar-refractivity contribution in [2.75, 3.05) is 26.7 Å². The van der Waals surface area contributed by atoms with Gasteiger partial charge in [-0.05, 0) is 51.2 Å². The van der Waals surface area contributed by atoms with E-state index < -0.39 is 0 Å². The summed E-state index contributed by atoms with van der Waals surface area (Å²) in [6, 6.07) is 0.770. The molecule has 0 aromatic rings. The summed E-state index contributed by atoms with van der Waals surface area (Å²) in [5, 5.41) is 3.70. The highest BCUT2D eigenvalue weighted by Crippen LogP contribution is 2.36. The number of hydrogen-bond donors (Lipinski definition) is 1. The monoisotopic (exact) mass is 182 g/mol. The summed E-state index contributed by atoms with van der Waals surface area (Å²) >= 11 is 0. The minimum atomic E-state index is 0.770. The average molecular weight is 182 g/mol. The van der Waals surface area contributed by atoms with Gasteiger partial charge in [0.1, 0.15) is 0 Å². The summed E-state index contributed by atoms with van der Waals surface area (Å²) in [6.45, 7) is 6.16. The highest BCUT2D eigenvalue weighted by molar-refractivity contribution is 4.86. The van der Waals surface area contributed by atoms with Gasteiger partial charge in [0.15, 0.2) is 0 Å². The largest absolute Gasteiger partial charge is 0.312 e. The third-order valence-electron chi connectivity index (χ3n) is 3.57. The van der Waals surface area contributed by atoms with Crippen LogP contribution in [0.25, 0.3) is 0 Å². The Bertz CT molecular complexity index is 169. The van der Waals surface area contributed by atoms with E-state index >= 15 is 0 Å². The first-order chi connectivity index (χ1) is 6.25. The van der Waals surface area contributed by atoms with E-state index in [1.54, 1.807) is 0 Å². The Labute approximate surface area is 81.7 Å². The van der Waals surface area contributed by atoms with Gasteiger partial charge in [-0.25, -0.2) is 0 Å². The number of piperidine rings is 1. The summed E-state index contributed by atoms with van der Waals surface area (Å²) in [4.78, 5) is 2.44. The zero-order chi connectivity index (χ0) is 9.26. The van der Waals surface area contributed by atoms with Crippen LogP contribution in [0.2, 0.25) is 0 Å². The predicted octanol–water partition coefficient (Wildman–Crippen LogP) is 1.33. The molecule has 2 nitrogen and oxygen atoms in total. The fourth-order valence-electron chi connectivity index (χ4n) is 2.33. The van der Waals surface area contributed by atoms with Crippen LogP contribution in [0.4, 0.5) is 0 Å². The van der Waals surface area contributed by atoms with Crippen molar-refractivity contribution in [1.29, 1.82) is 0 Å². The van der Waals surface area contributed by atoms with E-state index in [-0.39, 0.29) is 0 Å². The molecule has 1 saturated heterocycles. The van der Waals surface area contributed by atoms with E-state index in [0.29, 0.717) is 0 Å². The molecule has 0 amide bonds. The van der Waals surface area contributed by atoms with Crippen molar-refractivity contribution in [2.24, 2.45) is 11.8 Å².